The molecule has 0 aliphatic rings. The van der Waals surface area contributed by atoms with Crippen molar-refractivity contribution < 1.29 is 27.4 Å². The Labute approximate surface area is 109 Å². The zero-order valence-electron chi connectivity index (χ0n) is 10.5. The molecule has 0 atom stereocenters. The summed E-state index contributed by atoms with van der Waals surface area (Å²) in [6, 6.07) is 5.15. The highest BCUT2D eigenvalue weighted by Crippen LogP contribution is 2.28. The topological polar surface area (TPSA) is 53.7 Å². The van der Waals surface area contributed by atoms with Crippen LogP contribution in [0.15, 0.2) is 18.2 Å². The highest BCUT2D eigenvalue weighted by Gasteiger charge is 2.27. The Morgan fingerprint density at radius 1 is 1.21 bits per heavy atom. The van der Waals surface area contributed by atoms with Gasteiger partial charge >= 0.3 is 6.18 Å². The monoisotopic (exact) mass is 279 g/mol. The molecule has 19 heavy (non-hydrogen) atoms. The summed E-state index contributed by atoms with van der Waals surface area (Å²) < 4.78 is 50.2. The van der Waals surface area contributed by atoms with E-state index in [9.17, 15) is 13.2 Å². The number of nitrogens with two attached hydrogens (primary N) is 1. The van der Waals surface area contributed by atoms with Crippen molar-refractivity contribution in [3.63, 3.8) is 0 Å². The highest BCUT2D eigenvalue weighted by molar-refractivity contribution is 5.43. The molecule has 0 aliphatic carbocycles. The third kappa shape index (κ3) is 5.80. The first-order valence-corrected chi connectivity index (χ1v) is 5.60. The number of methoxy groups -OCH3 is 1. The van der Waals surface area contributed by atoms with Gasteiger partial charge in [-0.25, -0.2) is 0 Å². The Bertz CT molecular complexity index is 396. The molecule has 0 unspecified atom stereocenters. The second-order valence-electron chi connectivity index (χ2n) is 3.75. The number of halogens is 3. The molecule has 1 aromatic rings. The second kappa shape index (κ2) is 7.20. The molecule has 0 bridgehead atoms. The van der Waals surface area contributed by atoms with Gasteiger partial charge in [0, 0.05) is 0 Å². The fourth-order valence-electron chi connectivity index (χ4n) is 1.42. The van der Waals surface area contributed by atoms with E-state index in [1.54, 1.807) is 12.1 Å². The second-order valence-corrected chi connectivity index (χ2v) is 3.75. The third-order valence-corrected chi connectivity index (χ3v) is 2.22. The Kier molecular flexibility index (Phi) is 5.91. The van der Waals surface area contributed by atoms with E-state index in [0.717, 1.165) is 5.56 Å². The molecule has 1 rings (SSSR count). The number of ether oxygens (including phenoxy) is 3. The van der Waals surface area contributed by atoms with Crippen molar-refractivity contribution in [2.45, 2.75) is 12.6 Å². The van der Waals surface area contributed by atoms with Crippen LogP contribution in [0, 0.1) is 0 Å². The molecule has 0 saturated heterocycles. The molecular formula is C12H16F3NO3. The summed E-state index contributed by atoms with van der Waals surface area (Å²) in [5.74, 6) is 0.756. The lowest BCUT2D eigenvalue weighted by atomic mass is 10.1. The fraction of sp³-hybridized carbons (Fsp3) is 0.500. The average molecular weight is 279 g/mol. The first kappa shape index (κ1) is 15.6. The summed E-state index contributed by atoms with van der Waals surface area (Å²) in [5.41, 5.74) is 6.34. The summed E-state index contributed by atoms with van der Waals surface area (Å²) in [6.07, 6.45) is -3.72. The normalized spacial score (nSPS) is 11.4. The first-order valence-electron chi connectivity index (χ1n) is 5.60. The molecule has 0 heterocycles. The minimum atomic E-state index is -4.37. The minimum Gasteiger partial charge on any atom is -0.493 e. The Morgan fingerprint density at radius 2 is 1.95 bits per heavy atom. The maximum Gasteiger partial charge on any atom is 0.411 e. The molecule has 0 aromatic heterocycles. The first-order chi connectivity index (χ1) is 8.96. The SMILES string of the molecule is COc1ccc(CCN)cc1OCOCC(F)(F)F. The maximum absolute atomic E-state index is 11.9. The number of rotatable bonds is 7. The van der Waals surface area contributed by atoms with E-state index in [2.05, 4.69) is 4.74 Å². The van der Waals surface area contributed by atoms with Crippen LogP contribution >= 0.6 is 0 Å². The zero-order chi connectivity index (χ0) is 14.3. The van der Waals surface area contributed by atoms with Crippen LogP contribution in [0.1, 0.15) is 5.56 Å². The van der Waals surface area contributed by atoms with E-state index in [0.29, 0.717) is 24.5 Å². The molecule has 4 nitrogen and oxygen atoms in total. The van der Waals surface area contributed by atoms with Crippen LogP contribution in [0.4, 0.5) is 13.2 Å². The number of benzene rings is 1. The Balaban J connectivity index is 2.57. The van der Waals surface area contributed by atoms with Crippen LogP contribution in [0.25, 0.3) is 0 Å². The van der Waals surface area contributed by atoms with Crippen molar-refractivity contribution >= 4 is 0 Å². The van der Waals surface area contributed by atoms with E-state index in [1.807, 2.05) is 6.07 Å². The van der Waals surface area contributed by atoms with Crippen molar-refractivity contribution in [3.8, 4) is 11.5 Å². The van der Waals surface area contributed by atoms with Crippen LogP contribution < -0.4 is 15.2 Å². The summed E-state index contributed by atoms with van der Waals surface area (Å²) in [6.45, 7) is -1.38. The van der Waals surface area contributed by atoms with E-state index in [-0.39, 0.29) is 0 Å². The third-order valence-electron chi connectivity index (χ3n) is 2.22. The zero-order valence-corrected chi connectivity index (χ0v) is 10.5. The Hall–Kier alpha value is -1.47. The van der Waals surface area contributed by atoms with E-state index in [4.69, 9.17) is 15.2 Å². The maximum atomic E-state index is 11.9. The average Bonchev–Trinajstić information content (AvgIpc) is 2.34. The van der Waals surface area contributed by atoms with Gasteiger partial charge in [0.25, 0.3) is 0 Å². The van der Waals surface area contributed by atoms with Gasteiger partial charge in [-0.05, 0) is 30.7 Å². The predicted octanol–water partition coefficient (Wildman–Crippen LogP) is 2.11. The smallest absolute Gasteiger partial charge is 0.411 e. The van der Waals surface area contributed by atoms with Gasteiger partial charge in [0.1, 0.15) is 6.61 Å². The van der Waals surface area contributed by atoms with E-state index < -0.39 is 19.6 Å². The lowest BCUT2D eigenvalue weighted by Crippen LogP contribution is -2.19. The van der Waals surface area contributed by atoms with Gasteiger partial charge in [0.2, 0.25) is 0 Å². The van der Waals surface area contributed by atoms with Crippen LogP contribution in [0.2, 0.25) is 0 Å². The molecule has 2 N–H and O–H groups in total. The minimum absolute atomic E-state index is 0.329. The van der Waals surface area contributed by atoms with Gasteiger partial charge < -0.3 is 19.9 Å². The molecule has 1 aromatic carbocycles. The molecule has 0 saturated carbocycles. The largest absolute Gasteiger partial charge is 0.493 e. The number of alkyl halides is 3. The lowest BCUT2D eigenvalue weighted by Gasteiger charge is -2.13. The Morgan fingerprint density at radius 3 is 2.53 bits per heavy atom. The van der Waals surface area contributed by atoms with Gasteiger partial charge in [-0.15, -0.1) is 0 Å². The van der Waals surface area contributed by atoms with E-state index >= 15 is 0 Å². The molecule has 0 fully saturated rings. The molecule has 0 radical (unpaired) electrons. The van der Waals surface area contributed by atoms with Gasteiger partial charge in [-0.2, -0.15) is 13.2 Å². The van der Waals surface area contributed by atoms with Gasteiger partial charge in [-0.3, -0.25) is 0 Å². The fourth-order valence-corrected chi connectivity index (χ4v) is 1.42. The molecule has 0 spiro atoms. The molecular weight excluding hydrogens is 263 g/mol. The molecule has 0 amide bonds. The lowest BCUT2D eigenvalue weighted by molar-refractivity contribution is -0.186. The quantitative estimate of drug-likeness (QED) is 0.613. The highest BCUT2D eigenvalue weighted by atomic mass is 19.4. The molecule has 7 heteroatoms. The summed E-state index contributed by atoms with van der Waals surface area (Å²) in [4.78, 5) is 0. The van der Waals surface area contributed by atoms with Crippen molar-refractivity contribution in [3.05, 3.63) is 23.8 Å². The summed E-state index contributed by atoms with van der Waals surface area (Å²) in [5, 5.41) is 0. The number of hydrogen-bond donors (Lipinski definition) is 1. The van der Waals surface area contributed by atoms with E-state index in [1.165, 1.54) is 7.11 Å². The van der Waals surface area contributed by atoms with Crippen LogP contribution in [0.5, 0.6) is 11.5 Å². The van der Waals surface area contributed by atoms with Crippen molar-refractivity contribution in [1.29, 1.82) is 0 Å². The molecule has 0 aliphatic heterocycles. The van der Waals surface area contributed by atoms with Crippen molar-refractivity contribution in [1.82, 2.24) is 0 Å². The number of hydrogen-bond acceptors (Lipinski definition) is 4. The standard InChI is InChI=1S/C12H16F3NO3/c1-17-10-3-2-9(4-5-16)6-11(10)19-8-18-7-12(13,14)15/h2-3,6H,4-5,7-8,16H2,1H3. The summed E-state index contributed by atoms with van der Waals surface area (Å²) in [7, 11) is 1.45. The molecule has 108 valence electrons. The van der Waals surface area contributed by atoms with Gasteiger partial charge in [0.05, 0.1) is 7.11 Å². The van der Waals surface area contributed by atoms with Gasteiger partial charge in [-0.1, -0.05) is 6.07 Å². The predicted molar refractivity (Wildman–Crippen MR) is 63.3 cm³/mol. The van der Waals surface area contributed by atoms with Crippen LogP contribution in [-0.4, -0.2) is 33.2 Å². The van der Waals surface area contributed by atoms with Crippen LogP contribution in [-0.2, 0) is 11.2 Å². The van der Waals surface area contributed by atoms with Gasteiger partial charge in [0.15, 0.2) is 18.3 Å². The van der Waals surface area contributed by atoms with Crippen molar-refractivity contribution in [2.24, 2.45) is 5.73 Å². The van der Waals surface area contributed by atoms with Crippen molar-refractivity contribution in [2.75, 3.05) is 27.1 Å². The van der Waals surface area contributed by atoms with Crippen LogP contribution in [0.3, 0.4) is 0 Å². The summed E-state index contributed by atoms with van der Waals surface area (Å²) >= 11 is 0.